The predicted octanol–water partition coefficient (Wildman–Crippen LogP) is 3.39. The molecule has 1 aromatic carbocycles. The van der Waals surface area contributed by atoms with Crippen molar-refractivity contribution in [3.63, 3.8) is 0 Å². The van der Waals surface area contributed by atoms with Gasteiger partial charge in [0.25, 0.3) is 0 Å². The molecule has 0 fully saturated rings. The van der Waals surface area contributed by atoms with Crippen molar-refractivity contribution in [1.82, 2.24) is 15.1 Å². The van der Waals surface area contributed by atoms with Gasteiger partial charge in [-0.3, -0.25) is 4.68 Å². The van der Waals surface area contributed by atoms with Crippen molar-refractivity contribution in [3.05, 3.63) is 52.6 Å². The second kappa shape index (κ2) is 6.17. The summed E-state index contributed by atoms with van der Waals surface area (Å²) in [6, 6.07) is 4.77. The van der Waals surface area contributed by atoms with E-state index >= 15 is 0 Å². The highest BCUT2D eigenvalue weighted by Crippen LogP contribution is 2.25. The van der Waals surface area contributed by atoms with Crippen LogP contribution in [0.2, 0.25) is 5.02 Å². The summed E-state index contributed by atoms with van der Waals surface area (Å²) in [6.45, 7) is 2.98. The summed E-state index contributed by atoms with van der Waals surface area (Å²) in [5.74, 6) is -0.402. The number of halogens is 2. The average molecular weight is 282 g/mol. The molecular formula is C14H17ClFN3. The van der Waals surface area contributed by atoms with Crippen molar-refractivity contribution >= 4 is 11.6 Å². The first-order valence-electron chi connectivity index (χ1n) is 6.30. The molecule has 0 aliphatic rings. The van der Waals surface area contributed by atoms with Crippen molar-refractivity contribution in [1.29, 1.82) is 0 Å². The zero-order valence-electron chi connectivity index (χ0n) is 11.0. The molecule has 1 unspecified atom stereocenters. The van der Waals surface area contributed by atoms with Crippen LogP contribution in [0, 0.1) is 5.82 Å². The smallest absolute Gasteiger partial charge is 0.142 e. The molecule has 1 atom stereocenters. The molecule has 1 N–H and O–H groups in total. The Morgan fingerprint density at radius 1 is 1.42 bits per heavy atom. The summed E-state index contributed by atoms with van der Waals surface area (Å²) in [4.78, 5) is 0. The van der Waals surface area contributed by atoms with Gasteiger partial charge in [0.15, 0.2) is 0 Å². The highest BCUT2D eigenvalue weighted by molar-refractivity contribution is 6.30. The molecule has 2 aromatic rings. The second-order valence-corrected chi connectivity index (χ2v) is 4.84. The average Bonchev–Trinajstić information content (AvgIpc) is 2.83. The van der Waals surface area contributed by atoms with Crippen molar-refractivity contribution in [3.8, 4) is 0 Å². The number of aryl methyl sites for hydroxylation is 1. The lowest BCUT2D eigenvalue weighted by molar-refractivity contribution is 0.599. The molecule has 0 aliphatic carbocycles. The van der Waals surface area contributed by atoms with Gasteiger partial charge in [0, 0.05) is 18.3 Å². The van der Waals surface area contributed by atoms with Gasteiger partial charge in [-0.25, -0.2) is 4.39 Å². The Labute approximate surface area is 117 Å². The van der Waals surface area contributed by atoms with E-state index in [1.165, 1.54) is 6.07 Å². The molecule has 1 heterocycles. The van der Waals surface area contributed by atoms with Crippen molar-refractivity contribution in [2.45, 2.75) is 25.9 Å². The van der Waals surface area contributed by atoms with Crippen LogP contribution in [0.25, 0.3) is 0 Å². The van der Waals surface area contributed by atoms with Gasteiger partial charge in [-0.15, -0.1) is 0 Å². The summed E-state index contributed by atoms with van der Waals surface area (Å²) in [5.41, 5.74) is 1.85. The summed E-state index contributed by atoms with van der Waals surface area (Å²) >= 11 is 5.71. The minimum Gasteiger partial charge on any atom is -0.309 e. The van der Waals surface area contributed by atoms with E-state index in [-0.39, 0.29) is 11.1 Å². The molecule has 0 amide bonds. The Morgan fingerprint density at radius 3 is 2.84 bits per heavy atom. The van der Waals surface area contributed by atoms with E-state index in [1.54, 1.807) is 6.07 Å². The molecule has 5 heteroatoms. The van der Waals surface area contributed by atoms with Gasteiger partial charge in [0.2, 0.25) is 0 Å². The predicted molar refractivity (Wildman–Crippen MR) is 74.8 cm³/mol. The lowest BCUT2D eigenvalue weighted by Gasteiger charge is -2.15. The van der Waals surface area contributed by atoms with E-state index in [2.05, 4.69) is 17.3 Å². The monoisotopic (exact) mass is 281 g/mol. The quantitative estimate of drug-likeness (QED) is 0.910. The highest BCUT2D eigenvalue weighted by Gasteiger charge is 2.15. The normalized spacial score (nSPS) is 12.6. The van der Waals surface area contributed by atoms with Gasteiger partial charge in [-0.05, 0) is 31.2 Å². The third-order valence-electron chi connectivity index (χ3n) is 3.00. The SMILES string of the molecule is CCCn1cc(C(NC)c2ccc(Cl)c(F)c2)cn1. The van der Waals surface area contributed by atoms with Crippen LogP contribution in [0.15, 0.2) is 30.6 Å². The van der Waals surface area contributed by atoms with Gasteiger partial charge in [0.1, 0.15) is 5.82 Å². The van der Waals surface area contributed by atoms with Gasteiger partial charge in [-0.1, -0.05) is 24.6 Å². The maximum atomic E-state index is 13.5. The lowest BCUT2D eigenvalue weighted by Crippen LogP contribution is -2.17. The van der Waals surface area contributed by atoms with E-state index in [1.807, 2.05) is 30.2 Å². The van der Waals surface area contributed by atoms with Gasteiger partial charge < -0.3 is 5.32 Å². The van der Waals surface area contributed by atoms with Crippen molar-refractivity contribution in [2.24, 2.45) is 0 Å². The summed E-state index contributed by atoms with van der Waals surface area (Å²) in [6.07, 6.45) is 4.82. The second-order valence-electron chi connectivity index (χ2n) is 4.43. The van der Waals surface area contributed by atoms with Crippen LogP contribution in [0.5, 0.6) is 0 Å². The maximum Gasteiger partial charge on any atom is 0.142 e. The highest BCUT2D eigenvalue weighted by atomic mass is 35.5. The molecule has 0 spiro atoms. The van der Waals surface area contributed by atoms with Crippen LogP contribution in [0.1, 0.15) is 30.5 Å². The number of hydrogen-bond donors (Lipinski definition) is 1. The van der Waals surface area contributed by atoms with Crippen LogP contribution < -0.4 is 5.32 Å². The Bertz CT molecular complexity index is 553. The number of hydrogen-bond acceptors (Lipinski definition) is 2. The minimum atomic E-state index is -0.402. The van der Waals surface area contributed by atoms with E-state index in [0.717, 1.165) is 24.1 Å². The first kappa shape index (κ1) is 14.0. The molecule has 19 heavy (non-hydrogen) atoms. The topological polar surface area (TPSA) is 29.9 Å². The third-order valence-corrected chi connectivity index (χ3v) is 3.31. The molecule has 0 aliphatic heterocycles. The maximum absolute atomic E-state index is 13.5. The van der Waals surface area contributed by atoms with Crippen molar-refractivity contribution in [2.75, 3.05) is 7.05 Å². The molecule has 1 aromatic heterocycles. The van der Waals surface area contributed by atoms with Crippen LogP contribution in [-0.2, 0) is 6.54 Å². The Balaban J connectivity index is 2.29. The van der Waals surface area contributed by atoms with Crippen molar-refractivity contribution < 1.29 is 4.39 Å². The fraction of sp³-hybridized carbons (Fsp3) is 0.357. The fourth-order valence-electron chi connectivity index (χ4n) is 2.10. The standard InChI is InChI=1S/C14H17ClFN3/c1-3-6-19-9-11(8-18-19)14(17-2)10-4-5-12(15)13(16)7-10/h4-5,7-9,14,17H,3,6H2,1-2H3. The summed E-state index contributed by atoms with van der Waals surface area (Å²) in [5, 5.41) is 7.61. The number of benzene rings is 1. The first-order chi connectivity index (χ1) is 9.15. The molecule has 0 saturated carbocycles. The van der Waals surface area contributed by atoms with Crippen LogP contribution in [0.3, 0.4) is 0 Å². The largest absolute Gasteiger partial charge is 0.309 e. The van der Waals surface area contributed by atoms with Gasteiger partial charge >= 0.3 is 0 Å². The Kier molecular flexibility index (Phi) is 4.56. The van der Waals surface area contributed by atoms with Crippen LogP contribution >= 0.6 is 11.6 Å². The molecular weight excluding hydrogens is 265 g/mol. The third kappa shape index (κ3) is 3.14. The zero-order valence-corrected chi connectivity index (χ0v) is 11.8. The van der Waals surface area contributed by atoms with E-state index in [9.17, 15) is 4.39 Å². The molecule has 102 valence electrons. The summed E-state index contributed by atoms with van der Waals surface area (Å²) < 4.78 is 15.4. The molecule has 0 radical (unpaired) electrons. The Hall–Kier alpha value is -1.39. The van der Waals surface area contributed by atoms with Crippen LogP contribution in [-0.4, -0.2) is 16.8 Å². The van der Waals surface area contributed by atoms with E-state index in [4.69, 9.17) is 11.6 Å². The first-order valence-corrected chi connectivity index (χ1v) is 6.68. The minimum absolute atomic E-state index is 0.0858. The molecule has 0 saturated heterocycles. The lowest BCUT2D eigenvalue weighted by atomic mass is 10.0. The number of nitrogens with zero attached hydrogens (tertiary/aromatic N) is 2. The van der Waals surface area contributed by atoms with Crippen LogP contribution in [0.4, 0.5) is 4.39 Å². The number of aromatic nitrogens is 2. The van der Waals surface area contributed by atoms with Gasteiger partial charge in [-0.2, -0.15) is 5.10 Å². The number of rotatable bonds is 5. The molecule has 3 nitrogen and oxygen atoms in total. The molecule has 0 bridgehead atoms. The van der Waals surface area contributed by atoms with Gasteiger partial charge in [0.05, 0.1) is 17.3 Å². The van der Waals surface area contributed by atoms with E-state index in [0.29, 0.717) is 0 Å². The Morgan fingerprint density at radius 2 is 2.21 bits per heavy atom. The summed E-state index contributed by atoms with van der Waals surface area (Å²) in [7, 11) is 1.84. The number of nitrogens with one attached hydrogen (secondary N) is 1. The van der Waals surface area contributed by atoms with E-state index < -0.39 is 5.82 Å². The fourth-order valence-corrected chi connectivity index (χ4v) is 2.22. The zero-order chi connectivity index (χ0) is 13.8. The molecule has 2 rings (SSSR count).